The molecule has 4 atom stereocenters. The number of aliphatic hydroxyl groups is 1. The lowest BCUT2D eigenvalue weighted by Gasteiger charge is -2.36. The van der Waals surface area contributed by atoms with Gasteiger partial charge in [0.25, 0.3) is 5.56 Å². The molecule has 33 heteroatoms. The van der Waals surface area contributed by atoms with Gasteiger partial charge in [0.2, 0.25) is 53.2 Å². The molecule has 0 spiro atoms. The van der Waals surface area contributed by atoms with Crippen LogP contribution in [0, 0.1) is 24.6 Å². The molecule has 5 heterocycles. The molecular formula is C74H99FN10O22. The average molecular weight is 1500 g/mol. The number of likely N-dealkylation sites (tertiary alicyclic amines) is 1. The number of carbonyl (C=O) groups excluding carboxylic acids is 10. The predicted octanol–water partition coefficient (Wildman–Crippen LogP) is 0.780. The first-order chi connectivity index (χ1) is 51.7. The molecule has 1 saturated carbocycles. The Hall–Kier alpha value is -8.77. The van der Waals surface area contributed by atoms with Crippen LogP contribution in [-0.2, 0) is 127 Å². The normalized spacial score (nSPS) is 18.6. The molecule has 584 valence electrons. The zero-order chi connectivity index (χ0) is 76.2. The third kappa shape index (κ3) is 23.4. The molecule has 1 saturated heterocycles. The number of hydrogen-bond donors (Lipinski definition) is 8. The van der Waals surface area contributed by atoms with Gasteiger partial charge in [0, 0.05) is 66.8 Å². The van der Waals surface area contributed by atoms with Crippen LogP contribution in [0.2, 0.25) is 0 Å². The van der Waals surface area contributed by atoms with Gasteiger partial charge in [-0.1, -0.05) is 50.6 Å². The highest BCUT2D eigenvalue weighted by Gasteiger charge is 2.47. The number of esters is 1. The molecule has 2 aromatic carbocycles. The van der Waals surface area contributed by atoms with Crippen LogP contribution in [-0.4, -0.2) is 236 Å². The van der Waals surface area contributed by atoms with Crippen LogP contribution in [0.15, 0.2) is 47.3 Å². The van der Waals surface area contributed by atoms with Gasteiger partial charge in [-0.05, 0) is 80.2 Å². The Kier molecular flexibility index (Phi) is 31.9. The Bertz CT molecular complexity index is 3840. The maximum absolute atomic E-state index is 15.5. The van der Waals surface area contributed by atoms with Gasteiger partial charge in [-0.25, -0.2) is 14.2 Å². The first kappa shape index (κ1) is 82.3. The number of halogens is 1. The largest absolute Gasteiger partial charge is 0.458 e. The van der Waals surface area contributed by atoms with Gasteiger partial charge >= 0.3 is 5.97 Å². The quantitative estimate of drug-likeness (QED) is 0.0115. The zero-order valence-corrected chi connectivity index (χ0v) is 60.9. The summed E-state index contributed by atoms with van der Waals surface area (Å²) >= 11 is 0. The predicted molar refractivity (Wildman–Crippen MR) is 379 cm³/mol. The molecule has 4 aromatic rings. The number of aryl methyl sites for hydroxylation is 1. The van der Waals surface area contributed by atoms with E-state index in [1.165, 1.54) is 15.5 Å². The second-order valence-electron chi connectivity index (χ2n) is 26.7. The molecular weight excluding hydrogens is 1400 g/mol. The molecule has 8 N–H and O–H groups in total. The number of carbonyl (C=O) groups is 10. The van der Waals surface area contributed by atoms with Crippen LogP contribution in [0.4, 0.5) is 4.39 Å². The van der Waals surface area contributed by atoms with Crippen molar-refractivity contribution in [1.82, 2.24) is 51.7 Å². The average Bonchev–Trinajstić information content (AvgIpc) is 1.58. The highest BCUT2D eigenvalue weighted by atomic mass is 19.1. The standard InChI is InChI=1S/C74H99FN10O22/c1-4-74(97)54-37-59-68-52(42-85(59)72(95)53(54)43-106-73(74)96)67-56(15-14-51-47(3)55(75)38-57(82-68)66(51)67)83-69(92)49-35-50(36-49)107-45-80-62(88)40-79-70(93)58(34-48-11-7-5-8-12-48)81-63(89)41-77-61(87)39-78-64(90)44-105-32-31-104-30-29-103-28-27-102-26-25-101-24-23-100-22-21-99-20-19-98-18-16-76-60(86)13-9-6-10-17-84-65(91)33-46(2)71(84)94/h5,7-8,11-12,37-38,46,49-50,56,58,97H,4,6,9-10,13-36,39-45H2,1-3H3,(H,76,86)(H,77,87)(H,78,90)(H,79,93)(H,80,88)(H,81,89)(H,83,92)/t46?,49?,50?,56-,58-,74-/m0/s1. The van der Waals surface area contributed by atoms with E-state index in [9.17, 15) is 57.8 Å². The van der Waals surface area contributed by atoms with Crippen LogP contribution < -0.4 is 42.8 Å². The first-order valence-electron chi connectivity index (χ1n) is 36.6. The number of ether oxygens (including phenoxy) is 10. The Balaban J connectivity index is 0.550. The summed E-state index contributed by atoms with van der Waals surface area (Å²) in [4.78, 5) is 147. The Morgan fingerprint density at radius 1 is 0.701 bits per heavy atom. The van der Waals surface area contributed by atoms with Crippen LogP contribution in [0.25, 0.3) is 22.3 Å². The van der Waals surface area contributed by atoms with Gasteiger partial charge in [-0.15, -0.1) is 0 Å². The summed E-state index contributed by atoms with van der Waals surface area (Å²) < 4.78 is 71.9. The summed E-state index contributed by atoms with van der Waals surface area (Å²) in [6.45, 7) is 8.79. The first-order valence-corrected chi connectivity index (χ1v) is 36.6. The second-order valence-corrected chi connectivity index (χ2v) is 26.7. The molecule has 2 aliphatic carbocycles. The van der Waals surface area contributed by atoms with Gasteiger partial charge in [0.1, 0.15) is 31.8 Å². The molecule has 9 amide bonds. The SMILES string of the molecule is CC[C@@]1(O)C(=O)OCc2c1cc1n(c2=O)Cc2c-1nc1cc(F)c(C)c3c1c2[C@@H](NC(=O)C1CC(OCNC(=O)CNC(=O)[C@H](Cc2ccccc2)NC(=O)CNC(=O)CNC(=O)COCCOCCOCCOCCOCCOCCOCCOCCNC(=O)CCCCCN2C(=O)CC(C)C2=O)C1)CC3. The topological polar surface area (TPSA) is 406 Å². The van der Waals surface area contributed by atoms with Crippen molar-refractivity contribution < 1.29 is 105 Å². The van der Waals surface area contributed by atoms with Crippen molar-refractivity contribution in [1.29, 1.82) is 0 Å². The van der Waals surface area contributed by atoms with Gasteiger partial charge < -0.3 is 94.3 Å². The van der Waals surface area contributed by atoms with E-state index in [0.29, 0.717) is 176 Å². The number of nitrogens with zero attached hydrogens (tertiary/aromatic N) is 3. The third-order valence-electron chi connectivity index (χ3n) is 19.2. The number of amides is 9. The molecule has 32 nitrogen and oxygen atoms in total. The van der Waals surface area contributed by atoms with E-state index in [4.69, 9.17) is 52.4 Å². The van der Waals surface area contributed by atoms with E-state index >= 15 is 4.39 Å². The number of fused-ring (bicyclic) bond motifs is 5. The van der Waals surface area contributed by atoms with E-state index in [1.807, 2.05) is 0 Å². The van der Waals surface area contributed by atoms with Crippen molar-refractivity contribution in [2.45, 2.75) is 128 Å². The minimum atomic E-state index is -2.04. The van der Waals surface area contributed by atoms with E-state index in [0.717, 1.165) is 17.5 Å². The monoisotopic (exact) mass is 1500 g/mol. The van der Waals surface area contributed by atoms with Crippen LogP contribution in [0.5, 0.6) is 0 Å². The van der Waals surface area contributed by atoms with E-state index in [-0.39, 0.29) is 112 Å². The summed E-state index contributed by atoms with van der Waals surface area (Å²) in [7, 11) is 0. The number of hydrogen-bond acceptors (Lipinski definition) is 23. The van der Waals surface area contributed by atoms with Gasteiger partial charge in [0.15, 0.2) is 5.60 Å². The Morgan fingerprint density at radius 3 is 1.94 bits per heavy atom. The van der Waals surface area contributed by atoms with Crippen LogP contribution >= 0.6 is 0 Å². The number of rotatable bonds is 48. The lowest BCUT2D eigenvalue weighted by molar-refractivity contribution is -0.172. The lowest BCUT2D eigenvalue weighted by Crippen LogP contribution is -2.52. The zero-order valence-electron chi connectivity index (χ0n) is 60.9. The molecule has 3 aliphatic heterocycles. The lowest BCUT2D eigenvalue weighted by atomic mass is 9.79. The molecule has 2 aromatic heterocycles. The molecule has 0 bridgehead atoms. The van der Waals surface area contributed by atoms with E-state index < -0.39 is 90.1 Å². The van der Waals surface area contributed by atoms with Crippen molar-refractivity contribution in [3.63, 3.8) is 0 Å². The number of imide groups is 1. The van der Waals surface area contributed by atoms with Crippen molar-refractivity contribution >= 4 is 70.0 Å². The summed E-state index contributed by atoms with van der Waals surface area (Å²) in [6, 6.07) is 10.1. The molecule has 5 aliphatic rings. The Labute approximate surface area is 618 Å². The van der Waals surface area contributed by atoms with E-state index in [1.54, 1.807) is 57.2 Å². The minimum Gasteiger partial charge on any atom is -0.458 e. The minimum absolute atomic E-state index is 0.0368. The number of unbranched alkanes of at least 4 members (excludes halogenated alkanes) is 2. The van der Waals surface area contributed by atoms with Crippen molar-refractivity contribution in [3.8, 4) is 11.4 Å². The van der Waals surface area contributed by atoms with Gasteiger partial charge in [-0.3, -0.25) is 52.8 Å². The molecule has 0 radical (unpaired) electrons. The second kappa shape index (κ2) is 41.5. The van der Waals surface area contributed by atoms with Crippen LogP contribution in [0.3, 0.4) is 0 Å². The van der Waals surface area contributed by atoms with Crippen molar-refractivity contribution in [2.75, 3.05) is 145 Å². The van der Waals surface area contributed by atoms with Gasteiger partial charge in [-0.2, -0.15) is 0 Å². The number of pyridine rings is 2. The number of cyclic esters (lactones) is 1. The smallest absolute Gasteiger partial charge is 0.343 e. The van der Waals surface area contributed by atoms with E-state index in [2.05, 4.69) is 37.2 Å². The third-order valence-corrected chi connectivity index (χ3v) is 19.2. The number of nitrogens with one attached hydrogen (secondary N) is 7. The number of benzene rings is 2. The highest BCUT2D eigenvalue weighted by Crippen LogP contribution is 2.46. The van der Waals surface area contributed by atoms with Crippen molar-refractivity contribution in [3.05, 3.63) is 97.6 Å². The summed E-state index contributed by atoms with van der Waals surface area (Å²) in [5.41, 5.74) is 2.29. The fraction of sp³-hybridized carbons (Fsp3) is 0.595. The fourth-order valence-electron chi connectivity index (χ4n) is 13.1. The molecule has 107 heavy (non-hydrogen) atoms. The molecule has 2 fully saturated rings. The Morgan fingerprint density at radius 2 is 1.31 bits per heavy atom. The fourth-order valence-corrected chi connectivity index (χ4v) is 13.1. The highest BCUT2D eigenvalue weighted by molar-refractivity contribution is 6.03. The summed E-state index contributed by atoms with van der Waals surface area (Å²) in [5.74, 6) is -5.72. The summed E-state index contributed by atoms with van der Waals surface area (Å²) in [5, 5.41) is 30.7. The maximum Gasteiger partial charge on any atom is 0.343 e. The van der Waals surface area contributed by atoms with Crippen LogP contribution in [0.1, 0.15) is 117 Å². The number of aromatic nitrogens is 2. The molecule has 1 unspecified atom stereocenters. The van der Waals surface area contributed by atoms with Crippen molar-refractivity contribution in [2.24, 2.45) is 11.8 Å². The maximum atomic E-state index is 15.5. The summed E-state index contributed by atoms with van der Waals surface area (Å²) in [6.07, 6.45) is 4.02. The molecule has 9 rings (SSSR count). The van der Waals surface area contributed by atoms with Gasteiger partial charge in [0.05, 0.1) is 160 Å².